The number of para-hydroxylation sites is 2. The second kappa shape index (κ2) is 9.18. The molecule has 1 aliphatic heterocycles. The number of piperidine rings is 1. The zero-order valence-electron chi connectivity index (χ0n) is 17.6. The highest BCUT2D eigenvalue weighted by Crippen LogP contribution is 2.36. The Balaban J connectivity index is 1.47. The van der Waals surface area contributed by atoms with E-state index in [0.717, 1.165) is 53.5 Å². The van der Waals surface area contributed by atoms with Crippen LogP contribution in [0.3, 0.4) is 0 Å². The van der Waals surface area contributed by atoms with E-state index in [-0.39, 0.29) is 12.2 Å². The molecule has 1 saturated heterocycles. The number of hydrogen-bond acceptors (Lipinski definition) is 5. The first-order chi connectivity index (χ1) is 15.2. The molecular weight excluding hydrogens is 404 g/mol. The molecule has 31 heavy (non-hydrogen) atoms. The monoisotopic (exact) mass is 430 g/mol. The largest absolute Gasteiger partial charge is 0.457 e. The van der Waals surface area contributed by atoms with Crippen LogP contribution in [0.4, 0.5) is 0 Å². The fourth-order valence-corrected chi connectivity index (χ4v) is 4.99. The minimum atomic E-state index is -0.204. The van der Waals surface area contributed by atoms with Crippen molar-refractivity contribution in [3.63, 3.8) is 0 Å². The van der Waals surface area contributed by atoms with E-state index >= 15 is 0 Å². The van der Waals surface area contributed by atoms with Crippen molar-refractivity contribution in [2.75, 3.05) is 20.1 Å². The molecule has 3 aromatic carbocycles. The zero-order valence-corrected chi connectivity index (χ0v) is 18.4. The first-order valence-corrected chi connectivity index (χ1v) is 11.6. The molecule has 0 spiro atoms. The van der Waals surface area contributed by atoms with Crippen molar-refractivity contribution in [1.82, 2.24) is 9.88 Å². The molecule has 1 fully saturated rings. The molecule has 4 aromatic rings. The third-order valence-corrected chi connectivity index (χ3v) is 6.75. The first kappa shape index (κ1) is 20.2. The Labute approximate surface area is 187 Å². The van der Waals surface area contributed by atoms with Crippen LogP contribution in [0.5, 0.6) is 11.5 Å². The van der Waals surface area contributed by atoms with Gasteiger partial charge in [-0.3, -0.25) is 0 Å². The van der Waals surface area contributed by atoms with Crippen molar-refractivity contribution in [2.24, 2.45) is 0 Å². The molecule has 0 amide bonds. The number of likely N-dealkylation sites (tertiary alicyclic amines) is 1. The van der Waals surface area contributed by atoms with Gasteiger partial charge in [-0.2, -0.15) is 0 Å². The van der Waals surface area contributed by atoms with Gasteiger partial charge < -0.3 is 14.4 Å². The quantitative estimate of drug-likeness (QED) is 0.360. The summed E-state index contributed by atoms with van der Waals surface area (Å²) in [6, 6.07) is 26.4. The van der Waals surface area contributed by atoms with Crippen LogP contribution in [-0.2, 0) is 4.74 Å². The van der Waals surface area contributed by atoms with Gasteiger partial charge in [0.25, 0.3) is 0 Å². The third-order valence-electron chi connectivity index (χ3n) is 5.67. The number of nitrogens with zero attached hydrogens (tertiary/aromatic N) is 2. The van der Waals surface area contributed by atoms with Crippen molar-refractivity contribution >= 4 is 21.6 Å². The van der Waals surface area contributed by atoms with Gasteiger partial charge in [0.15, 0.2) is 0 Å². The summed E-state index contributed by atoms with van der Waals surface area (Å²) in [5, 5.41) is 0.997. The number of ether oxygens (including phenoxy) is 2. The number of hydrogen-bond donors (Lipinski definition) is 0. The molecule has 5 heteroatoms. The van der Waals surface area contributed by atoms with Crippen LogP contribution < -0.4 is 4.74 Å². The molecule has 0 radical (unpaired) electrons. The number of aromatic nitrogens is 1. The summed E-state index contributed by atoms with van der Waals surface area (Å²) < 4.78 is 14.0. The van der Waals surface area contributed by atoms with Crippen LogP contribution in [0.15, 0.2) is 78.9 Å². The molecule has 0 saturated carbocycles. The van der Waals surface area contributed by atoms with E-state index in [1.807, 2.05) is 48.5 Å². The lowest BCUT2D eigenvalue weighted by atomic mass is 10.1. The van der Waals surface area contributed by atoms with E-state index < -0.39 is 0 Å². The van der Waals surface area contributed by atoms with Crippen LogP contribution in [0, 0.1) is 0 Å². The maximum absolute atomic E-state index is 6.71. The van der Waals surface area contributed by atoms with Crippen molar-refractivity contribution < 1.29 is 9.47 Å². The Morgan fingerprint density at radius 3 is 2.45 bits per heavy atom. The molecule has 0 aliphatic carbocycles. The Kier molecular flexibility index (Phi) is 5.98. The van der Waals surface area contributed by atoms with Crippen LogP contribution in [0.1, 0.15) is 29.5 Å². The number of thiazole rings is 1. The van der Waals surface area contributed by atoms with Gasteiger partial charge in [0.1, 0.15) is 22.6 Å². The number of fused-ring (bicyclic) bond motifs is 1. The summed E-state index contributed by atoms with van der Waals surface area (Å²) in [5.74, 6) is 1.63. The second-order valence-electron chi connectivity index (χ2n) is 8.03. The molecule has 0 N–H and O–H groups in total. The summed E-state index contributed by atoms with van der Waals surface area (Å²) in [7, 11) is 2.17. The molecule has 0 bridgehead atoms. The highest BCUT2D eigenvalue weighted by molar-refractivity contribution is 7.18. The fourth-order valence-electron chi connectivity index (χ4n) is 3.96. The van der Waals surface area contributed by atoms with E-state index in [4.69, 9.17) is 14.5 Å². The van der Waals surface area contributed by atoms with E-state index in [2.05, 4.69) is 42.3 Å². The summed E-state index contributed by atoms with van der Waals surface area (Å²) in [6.45, 7) is 2.13. The maximum atomic E-state index is 6.71. The lowest BCUT2D eigenvalue weighted by Gasteiger charge is -2.31. The van der Waals surface area contributed by atoms with Gasteiger partial charge in [0.05, 0.1) is 16.3 Å². The Bertz CT molecular complexity index is 1100. The normalized spacial score (nSPS) is 16.4. The molecular formula is C26H26N2O2S. The van der Waals surface area contributed by atoms with Crippen LogP contribution in [0.2, 0.25) is 0 Å². The van der Waals surface area contributed by atoms with E-state index in [0.29, 0.717) is 0 Å². The van der Waals surface area contributed by atoms with Crippen molar-refractivity contribution in [1.29, 1.82) is 0 Å². The summed E-state index contributed by atoms with van der Waals surface area (Å²) in [6.07, 6.45) is 2.10. The van der Waals surface area contributed by atoms with Gasteiger partial charge in [0.2, 0.25) is 0 Å². The number of benzene rings is 3. The van der Waals surface area contributed by atoms with Crippen molar-refractivity contribution in [3.05, 3.63) is 89.4 Å². The van der Waals surface area contributed by atoms with E-state index in [1.165, 1.54) is 4.70 Å². The molecule has 5 rings (SSSR count). The summed E-state index contributed by atoms with van der Waals surface area (Å²) in [5.41, 5.74) is 2.10. The average molecular weight is 431 g/mol. The highest BCUT2D eigenvalue weighted by Gasteiger charge is 2.26. The Morgan fingerprint density at radius 1 is 0.903 bits per heavy atom. The van der Waals surface area contributed by atoms with Crippen LogP contribution in [0.25, 0.3) is 10.2 Å². The zero-order chi connectivity index (χ0) is 21.0. The Hall–Kier alpha value is -2.73. The van der Waals surface area contributed by atoms with Gasteiger partial charge >= 0.3 is 0 Å². The second-order valence-corrected chi connectivity index (χ2v) is 9.09. The van der Waals surface area contributed by atoms with Crippen molar-refractivity contribution in [2.45, 2.75) is 25.0 Å². The lowest BCUT2D eigenvalue weighted by molar-refractivity contribution is -0.0235. The van der Waals surface area contributed by atoms with Crippen molar-refractivity contribution in [3.8, 4) is 11.5 Å². The standard InChI is InChI=1S/C26H26N2O2S/c1-28-16-14-21(15-17-28)30-25(26-27-23-12-5-6-13-24(23)31-26)19-8-7-11-22(18-19)29-20-9-3-2-4-10-20/h2-13,18,21,25H,14-17H2,1H3. The SMILES string of the molecule is CN1CCC(OC(c2cccc(Oc3ccccc3)c2)c2nc3ccccc3s2)CC1. The van der Waals surface area contributed by atoms with Gasteiger partial charge in [-0.05, 0) is 61.9 Å². The molecule has 1 atom stereocenters. The van der Waals surface area contributed by atoms with E-state index in [1.54, 1.807) is 11.3 Å². The molecule has 1 unspecified atom stereocenters. The maximum Gasteiger partial charge on any atom is 0.135 e. The molecule has 1 aromatic heterocycles. The molecule has 2 heterocycles. The summed E-state index contributed by atoms with van der Waals surface area (Å²) >= 11 is 1.71. The van der Waals surface area contributed by atoms with Crippen LogP contribution in [-0.4, -0.2) is 36.1 Å². The minimum Gasteiger partial charge on any atom is -0.457 e. The highest BCUT2D eigenvalue weighted by atomic mass is 32.1. The molecule has 4 nitrogen and oxygen atoms in total. The lowest BCUT2D eigenvalue weighted by Crippen LogP contribution is -2.35. The minimum absolute atomic E-state index is 0.204. The smallest absolute Gasteiger partial charge is 0.135 e. The summed E-state index contributed by atoms with van der Waals surface area (Å²) in [4.78, 5) is 7.29. The molecule has 158 valence electrons. The van der Waals surface area contributed by atoms with Crippen LogP contribution >= 0.6 is 11.3 Å². The predicted molar refractivity (Wildman–Crippen MR) is 126 cm³/mol. The van der Waals surface area contributed by atoms with Gasteiger partial charge in [-0.1, -0.05) is 42.5 Å². The third kappa shape index (κ3) is 4.79. The Morgan fingerprint density at radius 2 is 1.65 bits per heavy atom. The fraction of sp³-hybridized carbons (Fsp3) is 0.269. The van der Waals surface area contributed by atoms with Gasteiger partial charge in [0, 0.05) is 13.1 Å². The van der Waals surface area contributed by atoms with Gasteiger partial charge in [-0.25, -0.2) is 4.98 Å². The first-order valence-electron chi connectivity index (χ1n) is 10.8. The number of rotatable bonds is 6. The van der Waals surface area contributed by atoms with Gasteiger partial charge in [-0.15, -0.1) is 11.3 Å². The van der Waals surface area contributed by atoms with E-state index in [9.17, 15) is 0 Å². The molecule has 1 aliphatic rings. The predicted octanol–water partition coefficient (Wildman–Crippen LogP) is 6.29. The average Bonchev–Trinajstić information content (AvgIpc) is 3.23. The topological polar surface area (TPSA) is 34.6 Å².